The van der Waals surface area contributed by atoms with Crippen molar-refractivity contribution in [1.82, 2.24) is 19.8 Å². The SMILES string of the molecule is CCCN1C(=O)[C@H](CCCCNC(=O)OCc2ccccc2)NC(=O)C12CCN(S(=O)(=O)c1cc(F)ccc1F)CC2. The van der Waals surface area contributed by atoms with Crippen LogP contribution < -0.4 is 10.6 Å². The summed E-state index contributed by atoms with van der Waals surface area (Å²) in [5.74, 6) is -2.52. The number of hydrogen-bond acceptors (Lipinski definition) is 6. The molecule has 42 heavy (non-hydrogen) atoms. The smallest absolute Gasteiger partial charge is 0.407 e. The van der Waals surface area contributed by atoms with Gasteiger partial charge in [0.1, 0.15) is 34.7 Å². The van der Waals surface area contributed by atoms with Crippen molar-refractivity contribution in [2.24, 2.45) is 0 Å². The number of nitrogens with one attached hydrogen (secondary N) is 2. The van der Waals surface area contributed by atoms with E-state index >= 15 is 0 Å². The minimum absolute atomic E-state index is 0.0302. The Bertz CT molecular complexity index is 1380. The lowest BCUT2D eigenvalue weighted by atomic mass is 9.81. The molecule has 2 fully saturated rings. The first-order valence-electron chi connectivity index (χ1n) is 14.1. The molecule has 2 saturated heterocycles. The molecule has 0 bridgehead atoms. The number of nitrogens with zero attached hydrogens (tertiary/aromatic N) is 2. The van der Waals surface area contributed by atoms with Gasteiger partial charge >= 0.3 is 6.09 Å². The molecular weight excluding hydrogens is 570 g/mol. The molecule has 0 saturated carbocycles. The number of piperidine rings is 1. The Kier molecular flexibility index (Phi) is 10.2. The molecule has 1 spiro atoms. The lowest BCUT2D eigenvalue weighted by Gasteiger charge is -2.51. The summed E-state index contributed by atoms with van der Waals surface area (Å²) in [5.41, 5.74) is -0.346. The van der Waals surface area contributed by atoms with Crippen LogP contribution in [-0.4, -0.2) is 73.3 Å². The third-order valence-electron chi connectivity index (χ3n) is 7.72. The second kappa shape index (κ2) is 13.6. The molecule has 2 aromatic carbocycles. The number of carbonyl (C=O) groups is 3. The maximum atomic E-state index is 14.3. The Labute approximate surface area is 244 Å². The van der Waals surface area contributed by atoms with Crippen molar-refractivity contribution >= 4 is 27.9 Å². The quantitative estimate of drug-likeness (QED) is 0.378. The predicted octanol–water partition coefficient (Wildman–Crippen LogP) is 3.32. The number of ether oxygens (including phenoxy) is 1. The van der Waals surface area contributed by atoms with Gasteiger partial charge in [0.05, 0.1) is 0 Å². The molecule has 2 aliphatic heterocycles. The van der Waals surface area contributed by atoms with Crippen molar-refractivity contribution in [2.45, 2.75) is 68.5 Å². The number of hydrogen-bond donors (Lipinski definition) is 2. The second-order valence-corrected chi connectivity index (χ2v) is 12.4. The van der Waals surface area contributed by atoms with Gasteiger partial charge in [-0.15, -0.1) is 0 Å². The van der Waals surface area contributed by atoms with Gasteiger partial charge in [-0.1, -0.05) is 37.3 Å². The normalized spacial score (nSPS) is 19.0. The van der Waals surface area contributed by atoms with E-state index in [1.54, 1.807) is 4.90 Å². The molecule has 228 valence electrons. The number of piperazine rings is 1. The van der Waals surface area contributed by atoms with E-state index in [4.69, 9.17) is 4.74 Å². The number of unbranched alkanes of at least 4 members (excludes halogenated alkanes) is 1. The van der Waals surface area contributed by atoms with Crippen LogP contribution in [0, 0.1) is 11.6 Å². The molecule has 4 rings (SSSR count). The van der Waals surface area contributed by atoms with Crippen LogP contribution in [0.1, 0.15) is 51.0 Å². The molecule has 2 N–H and O–H groups in total. The standard InChI is InChI=1S/C29H36F2N4O6S/c1-2-16-35-26(36)24(10-6-7-15-32-28(38)41-20-21-8-4-3-5-9-21)33-27(37)29(35)13-17-34(18-14-29)42(39,40)25-19-22(30)11-12-23(25)31/h3-5,8-9,11-12,19,24H,2,6-7,10,13-18,20H2,1H3,(H,32,38)(H,33,37)/t24-/m0/s1. The minimum atomic E-state index is -4.34. The molecule has 0 radical (unpaired) electrons. The van der Waals surface area contributed by atoms with Gasteiger partial charge in [0, 0.05) is 26.2 Å². The highest BCUT2D eigenvalue weighted by molar-refractivity contribution is 7.89. The summed E-state index contributed by atoms with van der Waals surface area (Å²) >= 11 is 0. The average Bonchev–Trinajstić information content (AvgIpc) is 2.98. The van der Waals surface area contributed by atoms with Crippen molar-refractivity contribution in [1.29, 1.82) is 0 Å². The molecule has 13 heteroatoms. The second-order valence-electron chi connectivity index (χ2n) is 10.5. The van der Waals surface area contributed by atoms with Crippen molar-refractivity contribution in [3.63, 3.8) is 0 Å². The van der Waals surface area contributed by atoms with E-state index in [0.717, 1.165) is 22.0 Å². The molecule has 10 nitrogen and oxygen atoms in total. The zero-order valence-corrected chi connectivity index (χ0v) is 24.3. The molecule has 0 aromatic heterocycles. The van der Waals surface area contributed by atoms with E-state index in [-0.39, 0.29) is 44.4 Å². The third kappa shape index (κ3) is 6.89. The first kappa shape index (κ1) is 31.4. The molecule has 0 aliphatic carbocycles. The Morgan fingerprint density at radius 1 is 1.10 bits per heavy atom. The number of rotatable bonds is 11. The van der Waals surface area contributed by atoms with Crippen molar-refractivity contribution in [3.05, 3.63) is 65.7 Å². The Balaban J connectivity index is 1.30. The predicted molar refractivity (Wildman–Crippen MR) is 149 cm³/mol. The molecular formula is C29H36F2N4O6S. The summed E-state index contributed by atoms with van der Waals surface area (Å²) in [6.07, 6.45) is 1.63. The van der Waals surface area contributed by atoms with Gasteiger partial charge in [-0.3, -0.25) is 9.59 Å². The van der Waals surface area contributed by atoms with Crippen LogP contribution in [-0.2, 0) is 31.0 Å². The lowest BCUT2D eigenvalue weighted by Crippen LogP contribution is -2.73. The highest BCUT2D eigenvalue weighted by Crippen LogP contribution is 2.36. The molecule has 2 aromatic rings. The van der Waals surface area contributed by atoms with Gasteiger partial charge in [-0.05, 0) is 62.3 Å². The van der Waals surface area contributed by atoms with Gasteiger partial charge in [-0.25, -0.2) is 22.0 Å². The highest BCUT2D eigenvalue weighted by Gasteiger charge is 2.54. The summed E-state index contributed by atoms with van der Waals surface area (Å²) in [4.78, 5) is 39.7. The van der Waals surface area contributed by atoms with Gasteiger partial charge in [0.25, 0.3) is 0 Å². The van der Waals surface area contributed by atoms with Crippen LogP contribution in [0.4, 0.5) is 13.6 Å². The Hall–Kier alpha value is -3.58. The molecule has 2 aliphatic rings. The fourth-order valence-corrected chi connectivity index (χ4v) is 6.98. The van der Waals surface area contributed by atoms with E-state index < -0.39 is 44.2 Å². The zero-order valence-electron chi connectivity index (χ0n) is 23.5. The number of amides is 3. The number of alkyl carbamates (subject to hydrolysis) is 1. The number of benzene rings is 2. The van der Waals surface area contributed by atoms with Gasteiger partial charge < -0.3 is 20.3 Å². The lowest BCUT2D eigenvalue weighted by molar-refractivity contribution is -0.160. The number of halogens is 2. The summed E-state index contributed by atoms with van der Waals surface area (Å²) in [5, 5.41) is 5.51. The van der Waals surface area contributed by atoms with Crippen LogP contribution in [0.3, 0.4) is 0 Å². The molecule has 2 heterocycles. The Morgan fingerprint density at radius 2 is 1.81 bits per heavy atom. The van der Waals surface area contributed by atoms with Crippen LogP contribution in [0.25, 0.3) is 0 Å². The maximum Gasteiger partial charge on any atom is 0.407 e. The molecule has 1 atom stereocenters. The molecule has 3 amide bonds. The summed E-state index contributed by atoms with van der Waals surface area (Å²) in [6, 6.07) is 10.8. The van der Waals surface area contributed by atoms with Crippen molar-refractivity contribution in [2.75, 3.05) is 26.2 Å². The van der Waals surface area contributed by atoms with E-state index in [0.29, 0.717) is 44.8 Å². The monoisotopic (exact) mass is 606 g/mol. The fraction of sp³-hybridized carbons (Fsp3) is 0.483. The fourth-order valence-electron chi connectivity index (χ4n) is 5.46. The average molecular weight is 607 g/mol. The molecule has 0 unspecified atom stereocenters. The van der Waals surface area contributed by atoms with E-state index in [9.17, 15) is 31.6 Å². The highest BCUT2D eigenvalue weighted by atomic mass is 32.2. The zero-order chi connectivity index (χ0) is 30.3. The van der Waals surface area contributed by atoms with Crippen LogP contribution >= 0.6 is 0 Å². The first-order valence-corrected chi connectivity index (χ1v) is 15.5. The van der Waals surface area contributed by atoms with Crippen LogP contribution in [0.15, 0.2) is 53.4 Å². The van der Waals surface area contributed by atoms with Crippen molar-refractivity contribution < 1.29 is 36.3 Å². The van der Waals surface area contributed by atoms with Gasteiger partial charge in [-0.2, -0.15) is 4.31 Å². The van der Waals surface area contributed by atoms with Gasteiger partial charge in [0.15, 0.2) is 0 Å². The van der Waals surface area contributed by atoms with Crippen LogP contribution in [0.5, 0.6) is 0 Å². The summed E-state index contributed by atoms with van der Waals surface area (Å²) < 4.78 is 60.3. The number of carbonyl (C=O) groups excluding carboxylic acids is 3. The van der Waals surface area contributed by atoms with E-state index in [2.05, 4.69) is 10.6 Å². The number of sulfonamides is 1. The van der Waals surface area contributed by atoms with Crippen molar-refractivity contribution in [3.8, 4) is 0 Å². The summed E-state index contributed by atoms with van der Waals surface area (Å²) in [6.45, 7) is 2.46. The summed E-state index contributed by atoms with van der Waals surface area (Å²) in [7, 11) is -4.34. The van der Waals surface area contributed by atoms with Gasteiger partial charge in [0.2, 0.25) is 21.8 Å². The topological polar surface area (TPSA) is 125 Å². The van der Waals surface area contributed by atoms with E-state index in [1.165, 1.54) is 0 Å². The Morgan fingerprint density at radius 3 is 2.50 bits per heavy atom. The maximum absolute atomic E-state index is 14.3. The van der Waals surface area contributed by atoms with E-state index in [1.807, 2.05) is 37.3 Å². The third-order valence-corrected chi connectivity index (χ3v) is 9.63. The minimum Gasteiger partial charge on any atom is -0.445 e. The van der Waals surface area contributed by atoms with Crippen LogP contribution in [0.2, 0.25) is 0 Å². The first-order chi connectivity index (χ1) is 20.1. The largest absolute Gasteiger partial charge is 0.445 e.